The minimum absolute atomic E-state index is 0.0763. The Morgan fingerprint density at radius 2 is 1.74 bits per heavy atom. The molecule has 19 heavy (non-hydrogen) atoms. The van der Waals surface area contributed by atoms with Gasteiger partial charge in [0.2, 0.25) is 0 Å². The van der Waals surface area contributed by atoms with E-state index in [1.165, 1.54) is 5.56 Å². The quantitative estimate of drug-likeness (QED) is 0.843. The molecule has 0 fully saturated rings. The van der Waals surface area contributed by atoms with E-state index in [4.69, 9.17) is 0 Å². The van der Waals surface area contributed by atoms with E-state index in [-0.39, 0.29) is 5.91 Å². The van der Waals surface area contributed by atoms with Crippen LogP contribution in [0.25, 0.3) is 0 Å². The molecule has 1 N–H and O–H groups in total. The van der Waals surface area contributed by atoms with Gasteiger partial charge in [-0.3, -0.25) is 9.69 Å². The van der Waals surface area contributed by atoms with Crippen LogP contribution in [0, 0.1) is 13.8 Å². The van der Waals surface area contributed by atoms with E-state index >= 15 is 0 Å². The van der Waals surface area contributed by atoms with Crippen LogP contribution in [-0.4, -0.2) is 12.5 Å². The zero-order valence-corrected chi connectivity index (χ0v) is 11.1. The first-order valence-corrected chi connectivity index (χ1v) is 6.40. The van der Waals surface area contributed by atoms with Gasteiger partial charge in [-0.2, -0.15) is 0 Å². The van der Waals surface area contributed by atoms with Gasteiger partial charge in [-0.05, 0) is 43.2 Å². The molecule has 2 aromatic carbocycles. The number of fused-ring (bicyclic) bond motifs is 1. The van der Waals surface area contributed by atoms with E-state index in [0.29, 0.717) is 6.54 Å². The molecule has 0 radical (unpaired) electrons. The van der Waals surface area contributed by atoms with Crippen molar-refractivity contribution in [1.82, 2.24) is 0 Å². The highest BCUT2D eigenvalue weighted by atomic mass is 16.2. The number of carbonyl (C=O) groups excluding carboxylic acids is 1. The molecule has 96 valence electrons. The van der Waals surface area contributed by atoms with Crippen molar-refractivity contribution in [3.63, 3.8) is 0 Å². The third-order valence-corrected chi connectivity index (χ3v) is 3.64. The Bertz CT molecular complexity index is 649. The maximum atomic E-state index is 12.3. The monoisotopic (exact) mass is 252 g/mol. The summed E-state index contributed by atoms with van der Waals surface area (Å²) in [6.45, 7) is 4.46. The van der Waals surface area contributed by atoms with Gasteiger partial charge in [0, 0.05) is 0 Å². The number of anilines is 3. The summed E-state index contributed by atoms with van der Waals surface area (Å²) in [4.78, 5) is 14.1. The smallest absolute Gasteiger partial charge is 0.250 e. The van der Waals surface area contributed by atoms with Crippen molar-refractivity contribution >= 4 is 23.0 Å². The molecule has 0 saturated carbocycles. The highest BCUT2D eigenvalue weighted by Gasteiger charge is 2.26. The minimum atomic E-state index is 0.0763. The Hall–Kier alpha value is -2.29. The Morgan fingerprint density at radius 3 is 2.58 bits per heavy atom. The molecule has 3 nitrogen and oxygen atoms in total. The van der Waals surface area contributed by atoms with Crippen LogP contribution < -0.4 is 10.2 Å². The Morgan fingerprint density at radius 1 is 1.00 bits per heavy atom. The lowest BCUT2D eigenvalue weighted by Crippen LogP contribution is -2.36. The van der Waals surface area contributed by atoms with Crippen molar-refractivity contribution in [2.75, 3.05) is 16.8 Å². The molecule has 0 aliphatic carbocycles. The molecule has 0 aromatic heterocycles. The first kappa shape index (κ1) is 11.8. The van der Waals surface area contributed by atoms with Crippen LogP contribution in [-0.2, 0) is 4.79 Å². The highest BCUT2D eigenvalue weighted by Crippen LogP contribution is 2.36. The summed E-state index contributed by atoms with van der Waals surface area (Å²) in [7, 11) is 0. The van der Waals surface area contributed by atoms with Gasteiger partial charge in [0.15, 0.2) is 0 Å². The normalized spacial score (nSPS) is 14.0. The van der Waals surface area contributed by atoms with Crippen molar-refractivity contribution in [3.8, 4) is 0 Å². The van der Waals surface area contributed by atoms with Gasteiger partial charge in [0.25, 0.3) is 5.91 Å². The number of hydrogen-bond donors (Lipinski definition) is 1. The molecule has 0 unspecified atom stereocenters. The average molecular weight is 252 g/mol. The standard InChI is InChI=1S/C16H16N2O/c1-11-6-5-9-14(12(11)2)18-15-8-4-3-7-13(15)17-10-16(18)19/h3-9,17H,10H2,1-2H3. The zero-order valence-electron chi connectivity index (χ0n) is 11.1. The van der Waals surface area contributed by atoms with E-state index in [1.54, 1.807) is 0 Å². The third kappa shape index (κ3) is 1.87. The van der Waals surface area contributed by atoms with Crippen molar-refractivity contribution in [2.45, 2.75) is 13.8 Å². The molecule has 3 rings (SSSR count). The fraction of sp³-hybridized carbons (Fsp3) is 0.188. The number of hydrogen-bond acceptors (Lipinski definition) is 2. The molecule has 1 heterocycles. The lowest BCUT2D eigenvalue weighted by Gasteiger charge is -2.31. The average Bonchev–Trinajstić information content (AvgIpc) is 2.43. The number of amides is 1. The highest BCUT2D eigenvalue weighted by molar-refractivity contribution is 6.08. The van der Waals surface area contributed by atoms with Crippen molar-refractivity contribution in [2.24, 2.45) is 0 Å². The molecular weight excluding hydrogens is 236 g/mol. The van der Waals surface area contributed by atoms with Crippen LogP contribution in [0.4, 0.5) is 17.1 Å². The summed E-state index contributed by atoms with van der Waals surface area (Å²) in [5.41, 5.74) is 5.24. The van der Waals surface area contributed by atoms with Crippen LogP contribution in [0.15, 0.2) is 42.5 Å². The summed E-state index contributed by atoms with van der Waals surface area (Å²) in [6, 6.07) is 14.0. The van der Waals surface area contributed by atoms with Gasteiger partial charge < -0.3 is 5.32 Å². The van der Waals surface area contributed by atoms with E-state index in [0.717, 1.165) is 22.6 Å². The Balaban J connectivity index is 2.19. The maximum Gasteiger partial charge on any atom is 0.250 e. The molecule has 2 aromatic rings. The van der Waals surface area contributed by atoms with E-state index in [2.05, 4.69) is 25.2 Å². The molecule has 0 spiro atoms. The van der Waals surface area contributed by atoms with E-state index < -0.39 is 0 Å². The van der Waals surface area contributed by atoms with Crippen LogP contribution in [0.5, 0.6) is 0 Å². The number of carbonyl (C=O) groups is 1. The van der Waals surface area contributed by atoms with Crippen molar-refractivity contribution < 1.29 is 4.79 Å². The first-order valence-electron chi connectivity index (χ1n) is 6.40. The second kappa shape index (κ2) is 4.43. The molecule has 1 aliphatic heterocycles. The zero-order chi connectivity index (χ0) is 13.4. The van der Waals surface area contributed by atoms with Gasteiger partial charge >= 0.3 is 0 Å². The third-order valence-electron chi connectivity index (χ3n) is 3.64. The summed E-state index contributed by atoms with van der Waals surface area (Å²) >= 11 is 0. The SMILES string of the molecule is Cc1cccc(N2C(=O)CNc3ccccc32)c1C. The molecule has 0 saturated heterocycles. The predicted molar refractivity (Wildman–Crippen MR) is 78.0 cm³/mol. The summed E-state index contributed by atoms with van der Waals surface area (Å²) < 4.78 is 0. The van der Waals surface area contributed by atoms with E-state index in [1.807, 2.05) is 41.3 Å². The molecule has 0 atom stereocenters. The number of nitrogens with one attached hydrogen (secondary N) is 1. The molecule has 0 bridgehead atoms. The van der Waals surface area contributed by atoms with Gasteiger partial charge in [-0.15, -0.1) is 0 Å². The van der Waals surface area contributed by atoms with Crippen LogP contribution >= 0.6 is 0 Å². The molecule has 3 heteroatoms. The summed E-state index contributed by atoms with van der Waals surface area (Å²) in [5.74, 6) is 0.0763. The largest absolute Gasteiger partial charge is 0.374 e. The molecular formula is C16H16N2O. The van der Waals surface area contributed by atoms with Gasteiger partial charge in [0.1, 0.15) is 0 Å². The summed E-state index contributed by atoms with van der Waals surface area (Å²) in [6.07, 6.45) is 0. The number of aryl methyl sites for hydroxylation is 1. The number of nitrogens with zero attached hydrogens (tertiary/aromatic N) is 1. The predicted octanol–water partition coefficient (Wildman–Crippen LogP) is 3.39. The number of benzene rings is 2. The van der Waals surface area contributed by atoms with Crippen molar-refractivity contribution in [3.05, 3.63) is 53.6 Å². The van der Waals surface area contributed by atoms with Crippen LogP contribution in [0.3, 0.4) is 0 Å². The lowest BCUT2D eigenvalue weighted by molar-refractivity contribution is -0.116. The topological polar surface area (TPSA) is 32.3 Å². The van der Waals surface area contributed by atoms with Crippen LogP contribution in [0.2, 0.25) is 0 Å². The van der Waals surface area contributed by atoms with Gasteiger partial charge in [-0.25, -0.2) is 0 Å². The second-order valence-corrected chi connectivity index (χ2v) is 4.82. The van der Waals surface area contributed by atoms with Gasteiger partial charge in [-0.1, -0.05) is 24.3 Å². The van der Waals surface area contributed by atoms with Crippen molar-refractivity contribution in [1.29, 1.82) is 0 Å². The Labute approximate surface area is 112 Å². The lowest BCUT2D eigenvalue weighted by atomic mass is 10.1. The summed E-state index contributed by atoms with van der Waals surface area (Å²) in [5, 5.41) is 3.15. The number of para-hydroxylation sites is 2. The van der Waals surface area contributed by atoms with Gasteiger partial charge in [0.05, 0.1) is 23.6 Å². The van der Waals surface area contributed by atoms with Crippen LogP contribution in [0.1, 0.15) is 11.1 Å². The maximum absolute atomic E-state index is 12.3. The fourth-order valence-corrected chi connectivity index (χ4v) is 2.44. The second-order valence-electron chi connectivity index (χ2n) is 4.82. The minimum Gasteiger partial charge on any atom is -0.374 e. The first-order chi connectivity index (χ1) is 9.18. The Kier molecular flexibility index (Phi) is 2.75. The fourth-order valence-electron chi connectivity index (χ4n) is 2.44. The van der Waals surface area contributed by atoms with E-state index in [9.17, 15) is 4.79 Å². The molecule has 1 aliphatic rings. The number of rotatable bonds is 1. The molecule has 1 amide bonds.